The first-order valence-corrected chi connectivity index (χ1v) is 9.24. The molecule has 0 saturated heterocycles. The van der Waals surface area contributed by atoms with Crippen LogP contribution in [0.3, 0.4) is 0 Å². The molecule has 7 nitrogen and oxygen atoms in total. The summed E-state index contributed by atoms with van der Waals surface area (Å²) in [5.41, 5.74) is -1.78. The number of hydrogen-bond acceptors (Lipinski definition) is 5. The highest BCUT2D eigenvalue weighted by molar-refractivity contribution is 5.93. The lowest BCUT2D eigenvalue weighted by Crippen LogP contribution is -2.32. The van der Waals surface area contributed by atoms with E-state index in [9.17, 15) is 22.4 Å². The van der Waals surface area contributed by atoms with Gasteiger partial charge >= 0.3 is 6.18 Å². The molecule has 162 valence electrons. The van der Waals surface area contributed by atoms with Crippen molar-refractivity contribution in [2.75, 3.05) is 13.3 Å². The molecule has 2 aromatic carbocycles. The van der Waals surface area contributed by atoms with E-state index in [1.54, 1.807) is 25.1 Å². The summed E-state index contributed by atoms with van der Waals surface area (Å²) in [5, 5.41) is 6.97. The Morgan fingerprint density at radius 3 is 2.65 bits per heavy atom. The number of ether oxygens (including phenoxy) is 2. The highest BCUT2D eigenvalue weighted by atomic mass is 19.4. The van der Waals surface area contributed by atoms with Crippen LogP contribution in [0.4, 0.5) is 17.6 Å². The Bertz CT molecular complexity index is 1130. The molecule has 0 N–H and O–H groups in total. The molecule has 31 heavy (non-hydrogen) atoms. The van der Waals surface area contributed by atoms with Gasteiger partial charge in [-0.15, -0.1) is 5.10 Å². The minimum atomic E-state index is -4.95. The van der Waals surface area contributed by atoms with E-state index in [4.69, 9.17) is 9.47 Å². The first-order chi connectivity index (χ1) is 14.8. The second-order valence-electron chi connectivity index (χ2n) is 6.68. The van der Waals surface area contributed by atoms with Crippen LogP contribution in [0.1, 0.15) is 28.7 Å². The lowest BCUT2D eigenvalue weighted by Gasteiger charge is -2.21. The third kappa shape index (κ3) is 4.03. The van der Waals surface area contributed by atoms with E-state index >= 15 is 0 Å². The molecule has 0 atom stereocenters. The minimum Gasteiger partial charge on any atom is -0.454 e. The number of carbonyl (C=O) groups is 1. The predicted octanol–water partition coefficient (Wildman–Crippen LogP) is 3.82. The SMILES string of the molecule is CCN(Cc1ccc2c(c1)OCO2)C(=O)c1nnn(-c2cccc(F)c2)c1C(F)(F)F. The van der Waals surface area contributed by atoms with E-state index in [-0.39, 0.29) is 25.6 Å². The van der Waals surface area contributed by atoms with E-state index < -0.39 is 29.3 Å². The summed E-state index contributed by atoms with van der Waals surface area (Å²) in [4.78, 5) is 14.2. The molecule has 1 aliphatic heterocycles. The Hall–Kier alpha value is -3.63. The van der Waals surface area contributed by atoms with Gasteiger partial charge in [-0.2, -0.15) is 13.2 Å². The van der Waals surface area contributed by atoms with Gasteiger partial charge in [-0.25, -0.2) is 9.07 Å². The maximum atomic E-state index is 13.8. The van der Waals surface area contributed by atoms with Crippen LogP contribution in [0.15, 0.2) is 42.5 Å². The number of halogens is 4. The molecule has 0 bridgehead atoms. The summed E-state index contributed by atoms with van der Waals surface area (Å²) in [6, 6.07) is 9.46. The minimum absolute atomic E-state index is 0.0239. The molecule has 0 aliphatic carbocycles. The number of alkyl halides is 3. The highest BCUT2D eigenvalue weighted by Crippen LogP contribution is 2.35. The average Bonchev–Trinajstić information content (AvgIpc) is 3.38. The van der Waals surface area contributed by atoms with E-state index in [2.05, 4.69) is 10.3 Å². The summed E-state index contributed by atoms with van der Waals surface area (Å²) in [6.45, 7) is 1.86. The molecule has 0 saturated carbocycles. The van der Waals surface area contributed by atoms with Gasteiger partial charge in [-0.1, -0.05) is 17.3 Å². The van der Waals surface area contributed by atoms with Crippen molar-refractivity contribution >= 4 is 5.91 Å². The molecule has 0 radical (unpaired) electrons. The van der Waals surface area contributed by atoms with Gasteiger partial charge in [0.15, 0.2) is 22.9 Å². The molecule has 11 heteroatoms. The van der Waals surface area contributed by atoms with E-state index in [1.165, 1.54) is 17.0 Å². The van der Waals surface area contributed by atoms with Gasteiger partial charge in [0.2, 0.25) is 6.79 Å². The fourth-order valence-corrected chi connectivity index (χ4v) is 3.21. The maximum absolute atomic E-state index is 13.8. The van der Waals surface area contributed by atoms with Crippen molar-refractivity contribution in [1.82, 2.24) is 19.9 Å². The van der Waals surface area contributed by atoms with Crippen LogP contribution in [0, 0.1) is 5.82 Å². The van der Waals surface area contributed by atoms with E-state index in [0.717, 1.165) is 12.1 Å². The van der Waals surface area contributed by atoms with Crippen molar-refractivity contribution in [3.63, 3.8) is 0 Å². The second kappa shape index (κ2) is 7.89. The average molecular weight is 436 g/mol. The zero-order chi connectivity index (χ0) is 22.2. The van der Waals surface area contributed by atoms with Crippen molar-refractivity contribution in [3.8, 4) is 17.2 Å². The molecule has 1 aromatic heterocycles. The Balaban J connectivity index is 1.68. The van der Waals surface area contributed by atoms with Crippen LogP contribution in [-0.2, 0) is 12.7 Å². The predicted molar refractivity (Wildman–Crippen MR) is 99.3 cm³/mol. The highest BCUT2D eigenvalue weighted by Gasteiger charge is 2.42. The fourth-order valence-electron chi connectivity index (χ4n) is 3.21. The number of benzene rings is 2. The number of aromatic nitrogens is 3. The molecule has 1 aliphatic rings. The lowest BCUT2D eigenvalue weighted by atomic mass is 10.1. The topological polar surface area (TPSA) is 69.5 Å². The third-order valence-corrected chi connectivity index (χ3v) is 4.67. The summed E-state index contributed by atoms with van der Waals surface area (Å²) in [7, 11) is 0. The van der Waals surface area contributed by atoms with Crippen molar-refractivity contribution in [2.45, 2.75) is 19.6 Å². The van der Waals surface area contributed by atoms with Crippen LogP contribution in [0.2, 0.25) is 0 Å². The molecule has 0 fully saturated rings. The summed E-state index contributed by atoms with van der Waals surface area (Å²) in [6.07, 6.45) is -4.95. The smallest absolute Gasteiger partial charge is 0.435 e. The second-order valence-corrected chi connectivity index (χ2v) is 6.68. The molecule has 0 unspecified atom stereocenters. The molecule has 4 rings (SSSR count). The summed E-state index contributed by atoms with van der Waals surface area (Å²) in [5.74, 6) is -0.647. The molecule has 2 heterocycles. The molecular weight excluding hydrogens is 420 g/mol. The van der Waals surface area contributed by atoms with Crippen molar-refractivity contribution < 1.29 is 31.8 Å². The first kappa shape index (κ1) is 20.6. The van der Waals surface area contributed by atoms with Gasteiger partial charge in [0, 0.05) is 13.1 Å². The number of hydrogen-bond donors (Lipinski definition) is 0. The lowest BCUT2D eigenvalue weighted by molar-refractivity contribution is -0.143. The normalized spacial score (nSPS) is 12.8. The first-order valence-electron chi connectivity index (χ1n) is 9.24. The standard InChI is InChI=1S/C20H16F4N4O3/c1-2-27(10-12-6-7-15-16(8-12)31-11-30-15)19(29)17-18(20(22,23)24)28(26-25-17)14-5-3-4-13(21)9-14/h3-9H,2,10-11H2,1H3. The summed E-state index contributed by atoms with van der Waals surface area (Å²) >= 11 is 0. The van der Waals surface area contributed by atoms with Crippen LogP contribution < -0.4 is 9.47 Å². The largest absolute Gasteiger partial charge is 0.454 e. The number of fused-ring (bicyclic) bond motifs is 1. The van der Waals surface area contributed by atoms with E-state index in [0.29, 0.717) is 21.7 Å². The number of nitrogens with zero attached hydrogens (tertiary/aromatic N) is 4. The van der Waals surface area contributed by atoms with Crippen molar-refractivity contribution in [3.05, 3.63) is 65.2 Å². The molecule has 3 aromatic rings. The van der Waals surface area contributed by atoms with Gasteiger partial charge in [0.25, 0.3) is 5.91 Å². The van der Waals surface area contributed by atoms with Crippen molar-refractivity contribution in [2.24, 2.45) is 0 Å². The van der Waals surface area contributed by atoms with Crippen LogP contribution in [0.5, 0.6) is 11.5 Å². The van der Waals surface area contributed by atoms with Gasteiger partial charge in [0.1, 0.15) is 5.82 Å². The van der Waals surface area contributed by atoms with Crippen molar-refractivity contribution in [1.29, 1.82) is 0 Å². The number of rotatable bonds is 5. The maximum Gasteiger partial charge on any atom is 0.435 e. The number of carbonyl (C=O) groups excluding carboxylic acids is 1. The van der Waals surface area contributed by atoms with Gasteiger partial charge < -0.3 is 14.4 Å². The van der Waals surface area contributed by atoms with Gasteiger partial charge in [-0.3, -0.25) is 4.79 Å². The van der Waals surface area contributed by atoms with Crippen LogP contribution in [0.25, 0.3) is 5.69 Å². The fraction of sp³-hybridized carbons (Fsp3) is 0.250. The quantitative estimate of drug-likeness (QED) is 0.569. The Morgan fingerprint density at radius 1 is 1.16 bits per heavy atom. The Labute approximate surface area is 173 Å². The van der Waals surface area contributed by atoms with Gasteiger partial charge in [-0.05, 0) is 42.8 Å². The summed E-state index contributed by atoms with van der Waals surface area (Å²) < 4.78 is 66.0. The van der Waals surface area contributed by atoms with Crippen LogP contribution in [-0.4, -0.2) is 39.1 Å². The Kier molecular flexibility index (Phi) is 5.25. The van der Waals surface area contributed by atoms with Gasteiger partial charge in [0.05, 0.1) is 5.69 Å². The molecule has 0 spiro atoms. The number of amides is 1. The zero-order valence-corrected chi connectivity index (χ0v) is 16.2. The third-order valence-electron chi connectivity index (χ3n) is 4.67. The Morgan fingerprint density at radius 2 is 1.94 bits per heavy atom. The molecule has 1 amide bonds. The monoisotopic (exact) mass is 436 g/mol. The zero-order valence-electron chi connectivity index (χ0n) is 16.2. The van der Waals surface area contributed by atoms with Crippen LogP contribution >= 0.6 is 0 Å². The molecular formula is C20H16F4N4O3. The van der Waals surface area contributed by atoms with E-state index in [1.807, 2.05) is 0 Å².